The maximum Gasteiger partial charge on any atom is 0.253 e. The second-order valence-electron chi connectivity index (χ2n) is 3.57. The number of carbonyl (C=O) groups is 1. The molecule has 0 spiro atoms. The van der Waals surface area contributed by atoms with Crippen LogP contribution < -0.4 is 15.4 Å². The third kappa shape index (κ3) is 4.01. The van der Waals surface area contributed by atoms with E-state index in [9.17, 15) is 13.2 Å². The smallest absolute Gasteiger partial charge is 0.253 e. The van der Waals surface area contributed by atoms with Crippen molar-refractivity contribution >= 4 is 21.6 Å². The quantitative estimate of drug-likeness (QED) is 0.680. The lowest BCUT2D eigenvalue weighted by Crippen LogP contribution is -2.33. The van der Waals surface area contributed by atoms with Crippen LogP contribution in [0.25, 0.3) is 0 Å². The number of benzene rings is 1. The van der Waals surface area contributed by atoms with Crippen molar-refractivity contribution in [1.82, 2.24) is 10.0 Å². The summed E-state index contributed by atoms with van der Waals surface area (Å²) in [6, 6.07) is 7.02. The van der Waals surface area contributed by atoms with E-state index in [-0.39, 0.29) is 18.2 Å². The number of sulfonamides is 1. The number of hydrogen-bond donors (Lipinski definition) is 3. The molecule has 0 aliphatic carbocycles. The molecule has 0 fully saturated rings. The summed E-state index contributed by atoms with van der Waals surface area (Å²) >= 11 is 0. The second-order valence-corrected chi connectivity index (χ2v) is 5.62. The Morgan fingerprint density at radius 1 is 1.22 bits per heavy atom. The highest BCUT2D eigenvalue weighted by Gasteiger charge is 2.11. The lowest BCUT2D eigenvalue weighted by molar-refractivity contribution is 0.0957. The molecule has 0 bridgehead atoms. The predicted molar refractivity (Wildman–Crippen MR) is 71.2 cm³/mol. The Morgan fingerprint density at radius 3 is 2.50 bits per heavy atom. The molecule has 0 radical (unpaired) electrons. The third-order valence-electron chi connectivity index (χ3n) is 2.41. The van der Waals surface area contributed by atoms with E-state index in [1.54, 1.807) is 25.2 Å². The first-order chi connectivity index (χ1) is 8.50. The normalized spacial score (nSPS) is 11.0. The van der Waals surface area contributed by atoms with Crippen LogP contribution in [-0.4, -0.2) is 40.7 Å². The van der Waals surface area contributed by atoms with Crippen molar-refractivity contribution in [2.75, 3.05) is 31.7 Å². The van der Waals surface area contributed by atoms with Crippen molar-refractivity contribution in [3.63, 3.8) is 0 Å². The summed E-state index contributed by atoms with van der Waals surface area (Å²) in [5.74, 6) is -0.442. The summed E-state index contributed by atoms with van der Waals surface area (Å²) in [7, 11) is -0.233. The highest BCUT2D eigenvalue weighted by molar-refractivity contribution is 7.89. The van der Waals surface area contributed by atoms with Crippen molar-refractivity contribution in [2.45, 2.75) is 0 Å². The SMILES string of the molecule is CNc1ccccc1C(=O)NCCS(=O)(=O)NC. The van der Waals surface area contributed by atoms with Crippen molar-refractivity contribution in [3.8, 4) is 0 Å². The highest BCUT2D eigenvalue weighted by atomic mass is 32.2. The zero-order valence-corrected chi connectivity index (χ0v) is 11.2. The van der Waals surface area contributed by atoms with Gasteiger partial charge < -0.3 is 10.6 Å². The fraction of sp³-hybridized carbons (Fsp3) is 0.364. The molecular weight excluding hydrogens is 254 g/mol. The first kappa shape index (κ1) is 14.5. The molecule has 1 aromatic carbocycles. The average Bonchev–Trinajstić information content (AvgIpc) is 2.38. The molecule has 100 valence electrons. The molecule has 0 aliphatic heterocycles. The van der Waals surface area contributed by atoms with Crippen LogP contribution >= 0.6 is 0 Å². The lowest BCUT2D eigenvalue weighted by Gasteiger charge is -2.09. The summed E-state index contributed by atoms with van der Waals surface area (Å²) in [5.41, 5.74) is 1.19. The molecule has 0 atom stereocenters. The molecule has 3 N–H and O–H groups in total. The van der Waals surface area contributed by atoms with Gasteiger partial charge in [0.2, 0.25) is 10.0 Å². The number of amides is 1. The van der Waals surface area contributed by atoms with Gasteiger partial charge in [-0.25, -0.2) is 13.1 Å². The van der Waals surface area contributed by atoms with Crippen LogP contribution in [0.15, 0.2) is 24.3 Å². The summed E-state index contributed by atoms with van der Waals surface area (Å²) < 4.78 is 24.5. The Balaban J connectivity index is 2.61. The minimum absolute atomic E-state index is 0.0695. The number of nitrogens with one attached hydrogen (secondary N) is 3. The van der Waals surface area contributed by atoms with E-state index in [2.05, 4.69) is 15.4 Å². The first-order valence-electron chi connectivity index (χ1n) is 5.46. The maximum atomic E-state index is 11.8. The minimum atomic E-state index is -3.29. The second kappa shape index (κ2) is 6.36. The van der Waals surface area contributed by atoms with E-state index in [4.69, 9.17) is 0 Å². The molecule has 0 unspecified atom stereocenters. The van der Waals surface area contributed by atoms with Crippen LogP contribution in [0.3, 0.4) is 0 Å². The van der Waals surface area contributed by atoms with Crippen molar-refractivity contribution in [1.29, 1.82) is 0 Å². The van der Waals surface area contributed by atoms with Gasteiger partial charge >= 0.3 is 0 Å². The number of hydrogen-bond acceptors (Lipinski definition) is 4. The van der Waals surface area contributed by atoms with Gasteiger partial charge in [0.1, 0.15) is 0 Å². The Morgan fingerprint density at radius 2 is 1.89 bits per heavy atom. The highest BCUT2D eigenvalue weighted by Crippen LogP contribution is 2.13. The summed E-state index contributed by atoms with van der Waals surface area (Å²) in [6.45, 7) is 0.0695. The van der Waals surface area contributed by atoms with Gasteiger partial charge in [0.15, 0.2) is 0 Å². The zero-order chi connectivity index (χ0) is 13.6. The van der Waals surface area contributed by atoms with E-state index in [0.717, 1.165) is 0 Å². The molecule has 1 rings (SSSR count). The van der Waals surface area contributed by atoms with Gasteiger partial charge in [-0.15, -0.1) is 0 Å². The molecule has 6 nitrogen and oxygen atoms in total. The Kier molecular flexibility index (Phi) is 5.11. The van der Waals surface area contributed by atoms with E-state index in [1.165, 1.54) is 7.05 Å². The monoisotopic (exact) mass is 271 g/mol. The third-order valence-corrected chi connectivity index (χ3v) is 3.77. The molecule has 1 amide bonds. The Labute approximate surface area is 107 Å². The van der Waals surface area contributed by atoms with E-state index in [0.29, 0.717) is 11.3 Å². The summed E-state index contributed by atoms with van der Waals surface area (Å²) in [6.07, 6.45) is 0. The molecule has 1 aromatic rings. The van der Waals surface area contributed by atoms with Gasteiger partial charge in [0.25, 0.3) is 5.91 Å². The molecule has 7 heteroatoms. The molecule has 0 saturated carbocycles. The van der Waals surface area contributed by atoms with Gasteiger partial charge in [-0.1, -0.05) is 12.1 Å². The molecule has 0 heterocycles. The standard InChI is InChI=1S/C11H17N3O3S/c1-12-10-6-4-3-5-9(10)11(15)14-7-8-18(16,17)13-2/h3-6,12-13H,7-8H2,1-2H3,(H,14,15). The molecule has 18 heavy (non-hydrogen) atoms. The van der Waals surface area contributed by atoms with E-state index >= 15 is 0 Å². The number of para-hydroxylation sites is 1. The predicted octanol–water partition coefficient (Wildman–Crippen LogP) is 0.00730. The van der Waals surface area contributed by atoms with Gasteiger partial charge in [-0.2, -0.15) is 0 Å². The minimum Gasteiger partial charge on any atom is -0.387 e. The van der Waals surface area contributed by atoms with Crippen molar-refractivity contribution in [3.05, 3.63) is 29.8 Å². The zero-order valence-electron chi connectivity index (χ0n) is 10.4. The number of carbonyl (C=O) groups excluding carboxylic acids is 1. The fourth-order valence-corrected chi connectivity index (χ4v) is 1.97. The van der Waals surface area contributed by atoms with Crippen LogP contribution in [0.1, 0.15) is 10.4 Å². The van der Waals surface area contributed by atoms with Crippen LogP contribution in [0.2, 0.25) is 0 Å². The van der Waals surface area contributed by atoms with Crippen LogP contribution in [0.4, 0.5) is 5.69 Å². The van der Waals surface area contributed by atoms with E-state index in [1.807, 2.05) is 6.07 Å². The molecule has 0 aromatic heterocycles. The van der Waals surface area contributed by atoms with Crippen LogP contribution in [-0.2, 0) is 10.0 Å². The fourth-order valence-electron chi connectivity index (χ4n) is 1.40. The van der Waals surface area contributed by atoms with Gasteiger partial charge in [-0.05, 0) is 19.2 Å². The summed E-state index contributed by atoms with van der Waals surface area (Å²) in [5, 5.41) is 5.47. The number of anilines is 1. The lowest BCUT2D eigenvalue weighted by atomic mass is 10.1. The van der Waals surface area contributed by atoms with E-state index < -0.39 is 10.0 Å². The van der Waals surface area contributed by atoms with Crippen molar-refractivity contribution < 1.29 is 13.2 Å². The van der Waals surface area contributed by atoms with Gasteiger partial charge in [-0.3, -0.25) is 4.79 Å². The molecular formula is C11H17N3O3S. The van der Waals surface area contributed by atoms with Gasteiger partial charge in [0.05, 0.1) is 11.3 Å². The topological polar surface area (TPSA) is 87.3 Å². The maximum absolute atomic E-state index is 11.8. The summed E-state index contributed by atoms with van der Waals surface area (Å²) in [4.78, 5) is 11.8. The largest absolute Gasteiger partial charge is 0.387 e. The first-order valence-corrected chi connectivity index (χ1v) is 7.11. The van der Waals surface area contributed by atoms with Gasteiger partial charge in [0, 0.05) is 19.3 Å². The Bertz CT molecular complexity index is 514. The Hall–Kier alpha value is -1.60. The average molecular weight is 271 g/mol. The van der Waals surface area contributed by atoms with Crippen molar-refractivity contribution in [2.24, 2.45) is 0 Å². The molecule has 0 aliphatic rings. The van der Waals surface area contributed by atoms with Crippen LogP contribution in [0.5, 0.6) is 0 Å². The van der Waals surface area contributed by atoms with Crippen LogP contribution in [0, 0.1) is 0 Å². The molecule has 0 saturated heterocycles. The number of rotatable bonds is 6.